The van der Waals surface area contributed by atoms with Crippen LogP contribution in [-0.4, -0.2) is 44.2 Å². The van der Waals surface area contributed by atoms with Gasteiger partial charge in [-0.1, -0.05) is 24.3 Å². The van der Waals surface area contributed by atoms with Crippen molar-refractivity contribution in [2.24, 2.45) is 0 Å². The highest BCUT2D eigenvalue weighted by molar-refractivity contribution is 7.90. The van der Waals surface area contributed by atoms with Crippen molar-refractivity contribution in [2.75, 3.05) is 13.3 Å². The van der Waals surface area contributed by atoms with Crippen LogP contribution in [0.5, 0.6) is 0 Å². The molecule has 2 aromatic carbocycles. The number of hydroxylamine groups is 2. The topological polar surface area (TPSA) is 95.9 Å². The lowest BCUT2D eigenvalue weighted by molar-refractivity contribution is -0.297. The number of nitrogens with one attached hydrogen (secondary N) is 1. The molecule has 2 aromatic rings. The molecule has 0 bridgehead atoms. The molecule has 9 heteroatoms. The van der Waals surface area contributed by atoms with Crippen molar-refractivity contribution in [3.8, 4) is 0 Å². The third-order valence-corrected chi connectivity index (χ3v) is 5.96. The van der Waals surface area contributed by atoms with Crippen LogP contribution in [0.15, 0.2) is 53.4 Å². The lowest BCUT2D eigenvalue weighted by Gasteiger charge is -2.14. The van der Waals surface area contributed by atoms with E-state index in [9.17, 15) is 22.8 Å². The summed E-state index contributed by atoms with van der Waals surface area (Å²) in [6.45, 7) is 0. The first-order chi connectivity index (χ1) is 14.2. The predicted octanol–water partition coefficient (Wildman–Crippen LogP) is 3.02. The van der Waals surface area contributed by atoms with Crippen molar-refractivity contribution in [1.82, 2.24) is 10.5 Å². The molecule has 1 atom stereocenters. The summed E-state index contributed by atoms with van der Waals surface area (Å²) in [6.07, 6.45) is 1.74. The van der Waals surface area contributed by atoms with Gasteiger partial charge in [0.1, 0.15) is 17.6 Å². The van der Waals surface area contributed by atoms with E-state index in [-0.39, 0.29) is 22.9 Å². The van der Waals surface area contributed by atoms with Crippen molar-refractivity contribution in [3.05, 3.63) is 65.5 Å². The number of amides is 1. The lowest BCUT2D eigenvalue weighted by atomic mass is 9.93. The predicted molar refractivity (Wildman–Crippen MR) is 109 cm³/mol. The highest BCUT2D eigenvalue weighted by Crippen LogP contribution is 2.40. The molecule has 0 aliphatic carbocycles. The molecule has 0 fully saturated rings. The van der Waals surface area contributed by atoms with Crippen LogP contribution < -0.4 is 5.32 Å². The number of sulfone groups is 1. The van der Waals surface area contributed by atoms with Gasteiger partial charge in [0, 0.05) is 30.9 Å². The van der Waals surface area contributed by atoms with Gasteiger partial charge in [0.25, 0.3) is 0 Å². The first-order valence-electron chi connectivity index (χ1n) is 9.37. The Hall–Kier alpha value is -2.75. The minimum Gasteiger partial charge on any atom is -0.359 e. The van der Waals surface area contributed by atoms with Gasteiger partial charge < -0.3 is 5.32 Å². The normalized spacial score (nSPS) is 16.8. The number of carbonyl (C=O) groups is 1. The number of carbonyl (C=O) groups excluding carboxylic acids is 1. The second-order valence-electron chi connectivity index (χ2n) is 7.00. The summed E-state index contributed by atoms with van der Waals surface area (Å²) in [7, 11) is -1.81. The zero-order valence-corrected chi connectivity index (χ0v) is 17.4. The molecule has 30 heavy (non-hydrogen) atoms. The summed E-state index contributed by atoms with van der Waals surface area (Å²) in [5.74, 6) is -0.578. The maximum atomic E-state index is 13.8. The minimum absolute atomic E-state index is 0.109. The van der Waals surface area contributed by atoms with Crippen LogP contribution in [-0.2, 0) is 19.5 Å². The number of hydrogen-bond acceptors (Lipinski definition) is 6. The van der Waals surface area contributed by atoms with Crippen LogP contribution in [0.4, 0.5) is 4.39 Å². The van der Waals surface area contributed by atoms with E-state index < -0.39 is 21.8 Å². The van der Waals surface area contributed by atoms with Gasteiger partial charge >= 0.3 is 0 Å². The number of rotatable bonds is 7. The van der Waals surface area contributed by atoms with Crippen LogP contribution in [0.25, 0.3) is 11.3 Å². The van der Waals surface area contributed by atoms with Gasteiger partial charge in [0.05, 0.1) is 4.90 Å². The molecule has 7 nitrogen and oxygen atoms in total. The van der Waals surface area contributed by atoms with Crippen LogP contribution in [0, 0.1) is 5.82 Å². The average molecular weight is 434 g/mol. The molecular weight excluding hydrogens is 411 g/mol. The largest absolute Gasteiger partial charge is 0.359 e. The van der Waals surface area contributed by atoms with E-state index in [1.165, 1.54) is 30.3 Å². The molecular formula is C21H23FN2O5S. The van der Waals surface area contributed by atoms with Crippen molar-refractivity contribution >= 4 is 27.0 Å². The Bertz CT molecular complexity index is 1070. The minimum atomic E-state index is -3.37. The molecule has 0 saturated carbocycles. The highest BCUT2D eigenvalue weighted by atomic mass is 32.2. The summed E-state index contributed by atoms with van der Waals surface area (Å²) in [5, 5.41) is 13.6. The fraction of sp³-hybridized carbons (Fsp3) is 0.286. The van der Waals surface area contributed by atoms with Crippen LogP contribution in [0.1, 0.15) is 30.4 Å². The second kappa shape index (κ2) is 8.95. The SMILES string of the molecule is CNC(=O)CCCC1ON(O)C(c2cccc(F)c2)=C1c1ccc(S(C)(=O)=O)cc1. The van der Waals surface area contributed by atoms with E-state index in [1.807, 2.05) is 0 Å². The molecule has 0 aromatic heterocycles. The van der Waals surface area contributed by atoms with E-state index in [1.54, 1.807) is 25.2 Å². The molecule has 1 aliphatic rings. The molecule has 160 valence electrons. The first-order valence-corrected chi connectivity index (χ1v) is 11.3. The Morgan fingerprint density at radius 2 is 1.90 bits per heavy atom. The van der Waals surface area contributed by atoms with Gasteiger partial charge in [-0.25, -0.2) is 17.6 Å². The van der Waals surface area contributed by atoms with E-state index in [2.05, 4.69) is 5.32 Å². The maximum Gasteiger partial charge on any atom is 0.219 e. The summed E-state index contributed by atoms with van der Waals surface area (Å²) >= 11 is 0. The Morgan fingerprint density at radius 1 is 1.20 bits per heavy atom. The second-order valence-corrected chi connectivity index (χ2v) is 9.02. The zero-order valence-electron chi connectivity index (χ0n) is 16.6. The highest BCUT2D eigenvalue weighted by Gasteiger charge is 2.34. The molecule has 1 aliphatic heterocycles. The van der Waals surface area contributed by atoms with E-state index in [4.69, 9.17) is 4.84 Å². The third-order valence-electron chi connectivity index (χ3n) is 4.84. The van der Waals surface area contributed by atoms with E-state index >= 15 is 0 Å². The summed E-state index contributed by atoms with van der Waals surface area (Å²) in [4.78, 5) is 17.3. The Labute approximate surface area is 174 Å². The average Bonchev–Trinajstić information content (AvgIpc) is 3.03. The number of benzene rings is 2. The number of halogens is 1. The molecule has 1 amide bonds. The Kier molecular flexibility index (Phi) is 6.55. The molecule has 1 heterocycles. The summed E-state index contributed by atoms with van der Waals surface area (Å²) in [6, 6.07) is 11.9. The van der Waals surface area contributed by atoms with Gasteiger partial charge in [-0.3, -0.25) is 10.0 Å². The monoisotopic (exact) mass is 434 g/mol. The van der Waals surface area contributed by atoms with Crippen molar-refractivity contribution in [1.29, 1.82) is 0 Å². The van der Waals surface area contributed by atoms with Gasteiger partial charge in [-0.2, -0.15) is 0 Å². The van der Waals surface area contributed by atoms with E-state index in [0.717, 1.165) is 6.26 Å². The van der Waals surface area contributed by atoms with Gasteiger partial charge in [-0.15, -0.1) is 5.23 Å². The number of hydrogen-bond donors (Lipinski definition) is 2. The van der Waals surface area contributed by atoms with Crippen LogP contribution in [0.3, 0.4) is 0 Å². The molecule has 0 radical (unpaired) electrons. The molecule has 3 rings (SSSR count). The van der Waals surface area contributed by atoms with Crippen molar-refractivity contribution in [3.63, 3.8) is 0 Å². The Morgan fingerprint density at radius 3 is 2.50 bits per heavy atom. The van der Waals surface area contributed by atoms with Crippen LogP contribution in [0.2, 0.25) is 0 Å². The van der Waals surface area contributed by atoms with Gasteiger partial charge in [0.15, 0.2) is 9.84 Å². The smallest absolute Gasteiger partial charge is 0.219 e. The fourth-order valence-corrected chi connectivity index (χ4v) is 3.99. The first kappa shape index (κ1) is 21.9. The van der Waals surface area contributed by atoms with E-state index in [0.29, 0.717) is 34.8 Å². The van der Waals surface area contributed by atoms with Crippen molar-refractivity contribution in [2.45, 2.75) is 30.3 Å². The van der Waals surface area contributed by atoms with Crippen LogP contribution >= 0.6 is 0 Å². The maximum absolute atomic E-state index is 13.8. The van der Waals surface area contributed by atoms with Gasteiger partial charge in [0.2, 0.25) is 5.91 Å². The molecule has 2 N–H and O–H groups in total. The molecule has 0 spiro atoms. The standard InChI is InChI=1S/C21H23FN2O5S/c1-23-19(25)8-4-7-18-20(14-9-11-17(12-10-14)30(2,27)28)21(24(26)29-18)15-5-3-6-16(22)13-15/h3,5-6,9-13,18,26H,4,7-8H2,1-2H3,(H,23,25). The zero-order chi connectivity index (χ0) is 21.9. The fourth-order valence-electron chi connectivity index (χ4n) is 3.36. The number of nitrogens with zero attached hydrogens (tertiary/aromatic N) is 1. The summed E-state index contributed by atoms with van der Waals surface area (Å²) < 4.78 is 37.4. The third kappa shape index (κ3) is 4.86. The van der Waals surface area contributed by atoms with Gasteiger partial charge in [-0.05, 0) is 42.7 Å². The summed E-state index contributed by atoms with van der Waals surface area (Å²) in [5.41, 5.74) is 1.89. The molecule has 0 saturated heterocycles. The molecule has 1 unspecified atom stereocenters. The Balaban J connectivity index is 2.03. The quantitative estimate of drug-likeness (QED) is 0.696. The van der Waals surface area contributed by atoms with Crippen molar-refractivity contribution < 1.29 is 27.6 Å². The lowest BCUT2D eigenvalue weighted by Crippen LogP contribution is -2.20.